The second-order valence-electron chi connectivity index (χ2n) is 8.93. The Morgan fingerprint density at radius 2 is 1.74 bits per heavy atom. The van der Waals surface area contributed by atoms with Crippen LogP contribution in [0.3, 0.4) is 0 Å². The van der Waals surface area contributed by atoms with Gasteiger partial charge in [0.2, 0.25) is 0 Å². The predicted octanol–water partition coefficient (Wildman–Crippen LogP) is 4.32. The maximum absolute atomic E-state index is 2.86. The fourth-order valence-electron chi connectivity index (χ4n) is 5.88. The molecule has 0 aliphatic carbocycles. The summed E-state index contributed by atoms with van der Waals surface area (Å²) in [4.78, 5) is 5.65. The van der Waals surface area contributed by atoms with Crippen molar-refractivity contribution in [2.45, 2.75) is 76.8 Å². The monoisotopic (exact) mass is 316 g/mol. The maximum atomic E-state index is 2.86. The number of rotatable bonds is 2. The second-order valence-corrected chi connectivity index (χ2v) is 8.93. The minimum atomic E-state index is 0.751. The molecule has 0 aromatic rings. The molecule has 3 saturated heterocycles. The third-order valence-corrected chi connectivity index (χ3v) is 7.19. The van der Waals surface area contributed by atoms with Crippen LogP contribution in [0.25, 0.3) is 0 Å². The lowest BCUT2D eigenvalue weighted by Crippen LogP contribution is -2.48. The Kier molecular flexibility index (Phi) is 5.10. The first-order valence-electron chi connectivity index (χ1n) is 10.5. The molecule has 0 aromatic heterocycles. The number of nitrogens with zero attached hydrogens (tertiary/aromatic N) is 2. The normalized spacial score (nSPS) is 42.7. The summed E-state index contributed by atoms with van der Waals surface area (Å²) >= 11 is 0. The molecule has 5 unspecified atom stereocenters. The van der Waals surface area contributed by atoms with Crippen molar-refractivity contribution in [2.24, 2.45) is 17.8 Å². The minimum absolute atomic E-state index is 0.751. The smallest absolute Gasteiger partial charge is 0.0304 e. The van der Waals surface area contributed by atoms with E-state index in [1.165, 1.54) is 84.0 Å². The zero-order valence-electron chi connectivity index (χ0n) is 15.1. The molecule has 0 saturated carbocycles. The summed E-state index contributed by atoms with van der Waals surface area (Å²) in [6.07, 6.45) is 18.3. The van der Waals surface area contributed by atoms with Gasteiger partial charge in [-0.05, 0) is 75.8 Å². The van der Waals surface area contributed by atoms with Crippen LogP contribution in [-0.4, -0.2) is 48.1 Å². The average molecular weight is 317 g/mol. The summed E-state index contributed by atoms with van der Waals surface area (Å²) in [6.45, 7) is 7.91. The molecule has 5 atom stereocenters. The van der Waals surface area contributed by atoms with Gasteiger partial charge in [0.15, 0.2) is 0 Å². The van der Waals surface area contributed by atoms with Crippen LogP contribution in [0.2, 0.25) is 0 Å². The largest absolute Gasteiger partial charge is 0.300 e. The van der Waals surface area contributed by atoms with Crippen LogP contribution in [0, 0.1) is 17.8 Å². The van der Waals surface area contributed by atoms with Gasteiger partial charge in [0, 0.05) is 25.2 Å². The summed E-state index contributed by atoms with van der Waals surface area (Å²) in [6, 6.07) is 1.68. The molecule has 4 aliphatic heterocycles. The van der Waals surface area contributed by atoms with Crippen LogP contribution < -0.4 is 0 Å². The lowest BCUT2D eigenvalue weighted by molar-refractivity contribution is 0.0791. The molecule has 23 heavy (non-hydrogen) atoms. The molecule has 0 radical (unpaired) electrons. The van der Waals surface area contributed by atoms with Crippen LogP contribution in [0.4, 0.5) is 0 Å². The van der Waals surface area contributed by atoms with Gasteiger partial charge in [0.1, 0.15) is 0 Å². The Bertz CT molecular complexity index is 418. The Balaban J connectivity index is 1.33. The van der Waals surface area contributed by atoms with Crippen LogP contribution in [0.1, 0.15) is 64.7 Å². The van der Waals surface area contributed by atoms with Gasteiger partial charge in [-0.2, -0.15) is 0 Å². The van der Waals surface area contributed by atoms with Gasteiger partial charge in [-0.1, -0.05) is 31.9 Å². The molecular formula is C21H36N2. The highest BCUT2D eigenvalue weighted by Gasteiger charge is 2.34. The van der Waals surface area contributed by atoms with E-state index in [2.05, 4.69) is 28.9 Å². The van der Waals surface area contributed by atoms with Gasteiger partial charge in [-0.25, -0.2) is 0 Å². The Morgan fingerprint density at radius 3 is 2.70 bits per heavy atom. The van der Waals surface area contributed by atoms with E-state index in [-0.39, 0.29) is 0 Å². The number of hydrogen-bond donors (Lipinski definition) is 0. The molecule has 0 bridgehead atoms. The first-order chi connectivity index (χ1) is 11.3. The fourth-order valence-corrected chi connectivity index (χ4v) is 5.88. The van der Waals surface area contributed by atoms with Gasteiger partial charge < -0.3 is 4.90 Å². The van der Waals surface area contributed by atoms with Gasteiger partial charge in [0.05, 0.1) is 0 Å². The van der Waals surface area contributed by atoms with Crippen LogP contribution in [-0.2, 0) is 0 Å². The molecule has 0 amide bonds. The van der Waals surface area contributed by atoms with Crippen molar-refractivity contribution in [1.29, 1.82) is 0 Å². The highest BCUT2D eigenvalue weighted by Crippen LogP contribution is 2.34. The van der Waals surface area contributed by atoms with E-state index in [9.17, 15) is 0 Å². The lowest BCUT2D eigenvalue weighted by atomic mass is 9.81. The highest BCUT2D eigenvalue weighted by atomic mass is 15.2. The molecule has 2 nitrogen and oxygen atoms in total. The third-order valence-electron chi connectivity index (χ3n) is 7.19. The van der Waals surface area contributed by atoms with Gasteiger partial charge >= 0.3 is 0 Å². The van der Waals surface area contributed by atoms with Gasteiger partial charge in [0.25, 0.3) is 0 Å². The molecule has 2 heteroatoms. The van der Waals surface area contributed by atoms with E-state index in [1.807, 2.05) is 0 Å². The van der Waals surface area contributed by atoms with Crippen LogP contribution in [0.5, 0.6) is 0 Å². The lowest BCUT2D eigenvalue weighted by Gasteiger charge is -2.44. The van der Waals surface area contributed by atoms with Crippen molar-refractivity contribution in [2.75, 3.05) is 26.2 Å². The van der Waals surface area contributed by atoms with Crippen molar-refractivity contribution < 1.29 is 0 Å². The molecule has 130 valence electrons. The standard InChI is InChI=1S/C21H36N2/c1-17-6-5-13-23-16-19(9-11-21(17)23)14-18-8-10-20-7-3-2-4-12-22(20)15-18/h9,11,17-21H,2-8,10,12-16H2,1H3. The highest BCUT2D eigenvalue weighted by molar-refractivity contribution is 5.07. The second kappa shape index (κ2) is 7.27. The molecule has 4 aliphatic rings. The minimum Gasteiger partial charge on any atom is -0.300 e. The third kappa shape index (κ3) is 3.69. The zero-order chi connectivity index (χ0) is 15.6. The van der Waals surface area contributed by atoms with Crippen molar-refractivity contribution in [3.05, 3.63) is 12.2 Å². The summed E-state index contributed by atoms with van der Waals surface area (Å²) in [5, 5.41) is 0. The van der Waals surface area contributed by atoms with Crippen molar-refractivity contribution in [3.63, 3.8) is 0 Å². The summed E-state index contributed by atoms with van der Waals surface area (Å²) < 4.78 is 0. The van der Waals surface area contributed by atoms with Crippen LogP contribution in [0.15, 0.2) is 12.2 Å². The number of hydrogen-bond acceptors (Lipinski definition) is 2. The Labute approximate surface area is 143 Å². The SMILES string of the molecule is CC1CCCN2CC(CC3CCC4CCCCCN4C3)C=CC12. The van der Waals surface area contributed by atoms with E-state index >= 15 is 0 Å². The van der Waals surface area contributed by atoms with Crippen LogP contribution >= 0.6 is 0 Å². The van der Waals surface area contributed by atoms with E-state index in [1.54, 1.807) is 0 Å². The van der Waals surface area contributed by atoms with E-state index in [0.717, 1.165) is 29.8 Å². The van der Waals surface area contributed by atoms with E-state index < -0.39 is 0 Å². The molecule has 4 heterocycles. The summed E-state index contributed by atoms with van der Waals surface area (Å²) in [7, 11) is 0. The average Bonchev–Trinajstić information content (AvgIpc) is 2.80. The topological polar surface area (TPSA) is 6.48 Å². The Hall–Kier alpha value is -0.340. The number of fused-ring (bicyclic) bond motifs is 2. The molecule has 0 aromatic carbocycles. The van der Waals surface area contributed by atoms with Crippen molar-refractivity contribution in [1.82, 2.24) is 9.80 Å². The molecular weight excluding hydrogens is 280 g/mol. The first-order valence-corrected chi connectivity index (χ1v) is 10.5. The molecule has 4 rings (SSSR count). The quantitative estimate of drug-likeness (QED) is 0.700. The van der Waals surface area contributed by atoms with Crippen molar-refractivity contribution in [3.8, 4) is 0 Å². The van der Waals surface area contributed by atoms with Crippen molar-refractivity contribution >= 4 is 0 Å². The molecule has 3 fully saturated rings. The Morgan fingerprint density at radius 1 is 0.826 bits per heavy atom. The fraction of sp³-hybridized carbons (Fsp3) is 0.905. The molecule has 0 spiro atoms. The summed E-state index contributed by atoms with van der Waals surface area (Å²) in [5.74, 6) is 2.65. The molecule has 0 N–H and O–H groups in total. The summed E-state index contributed by atoms with van der Waals surface area (Å²) in [5.41, 5.74) is 0. The van der Waals surface area contributed by atoms with E-state index in [0.29, 0.717) is 0 Å². The predicted molar refractivity (Wildman–Crippen MR) is 97.6 cm³/mol. The van der Waals surface area contributed by atoms with Gasteiger partial charge in [-0.3, -0.25) is 4.90 Å². The number of piperidine rings is 2. The van der Waals surface area contributed by atoms with E-state index in [4.69, 9.17) is 0 Å². The zero-order valence-corrected chi connectivity index (χ0v) is 15.1. The van der Waals surface area contributed by atoms with Gasteiger partial charge in [-0.15, -0.1) is 0 Å². The maximum Gasteiger partial charge on any atom is 0.0304 e. The first kappa shape index (κ1) is 16.1.